The number of nitrogens with one attached hydrogen (secondary N) is 1. The molecule has 0 atom stereocenters. The fraction of sp³-hybridized carbons (Fsp3) is 0.143. The summed E-state index contributed by atoms with van der Waals surface area (Å²) in [5.74, 6) is 6.17. The van der Waals surface area contributed by atoms with Gasteiger partial charge in [-0.1, -0.05) is 35.7 Å². The second-order valence-corrected chi connectivity index (χ2v) is 4.65. The highest BCUT2D eigenvalue weighted by atomic mass is 32.2. The third kappa shape index (κ3) is 4.28. The van der Waals surface area contributed by atoms with E-state index in [2.05, 4.69) is 21.8 Å². The lowest BCUT2D eigenvalue weighted by atomic mass is 10.1. The van der Waals surface area contributed by atoms with Gasteiger partial charge in [0.25, 0.3) is 5.56 Å². The number of aromatic amines is 1. The first-order valence-corrected chi connectivity index (χ1v) is 6.63. The summed E-state index contributed by atoms with van der Waals surface area (Å²) in [7, 11) is 0. The Morgan fingerprint density at radius 1 is 1.37 bits per heavy atom. The fourth-order valence-corrected chi connectivity index (χ4v) is 2.25. The molecule has 4 nitrogen and oxygen atoms in total. The van der Waals surface area contributed by atoms with E-state index in [1.807, 2.05) is 24.3 Å². The molecule has 2 rings (SSSR count). The second-order valence-electron chi connectivity index (χ2n) is 3.69. The van der Waals surface area contributed by atoms with Gasteiger partial charge in [0, 0.05) is 23.6 Å². The number of benzene rings is 1. The van der Waals surface area contributed by atoms with Gasteiger partial charge in [-0.25, -0.2) is 4.98 Å². The maximum atomic E-state index is 11.1. The van der Waals surface area contributed by atoms with Gasteiger partial charge >= 0.3 is 0 Å². The molecule has 0 bridgehead atoms. The number of rotatable bonds is 3. The van der Waals surface area contributed by atoms with Crippen molar-refractivity contribution in [2.45, 2.75) is 10.9 Å². The van der Waals surface area contributed by atoms with Crippen molar-refractivity contribution < 1.29 is 5.11 Å². The summed E-state index contributed by atoms with van der Waals surface area (Å²) in [6.07, 6.45) is 1.49. The zero-order valence-electron chi connectivity index (χ0n) is 10.1. The fourth-order valence-electron chi connectivity index (χ4n) is 1.46. The van der Waals surface area contributed by atoms with Crippen LogP contribution in [0.15, 0.2) is 46.5 Å². The van der Waals surface area contributed by atoms with Crippen LogP contribution in [-0.4, -0.2) is 21.7 Å². The van der Waals surface area contributed by atoms with Crippen molar-refractivity contribution in [1.82, 2.24) is 9.97 Å². The van der Waals surface area contributed by atoms with E-state index >= 15 is 0 Å². The van der Waals surface area contributed by atoms with Gasteiger partial charge < -0.3 is 10.1 Å². The Labute approximate surface area is 114 Å². The van der Waals surface area contributed by atoms with E-state index in [0.717, 1.165) is 11.1 Å². The molecule has 2 aromatic rings. The van der Waals surface area contributed by atoms with E-state index in [1.54, 1.807) is 0 Å². The summed E-state index contributed by atoms with van der Waals surface area (Å²) in [4.78, 5) is 17.9. The zero-order valence-corrected chi connectivity index (χ0v) is 10.9. The third-order valence-electron chi connectivity index (χ3n) is 2.26. The van der Waals surface area contributed by atoms with E-state index in [-0.39, 0.29) is 12.2 Å². The minimum absolute atomic E-state index is 0.145. The molecule has 1 aromatic carbocycles. The van der Waals surface area contributed by atoms with Gasteiger partial charge in [-0.05, 0) is 17.7 Å². The lowest BCUT2D eigenvalue weighted by Gasteiger charge is -2.01. The van der Waals surface area contributed by atoms with Crippen molar-refractivity contribution in [2.24, 2.45) is 0 Å². The van der Waals surface area contributed by atoms with Gasteiger partial charge in [-0.2, -0.15) is 0 Å². The Hall–Kier alpha value is -2.03. The highest BCUT2D eigenvalue weighted by Crippen LogP contribution is 2.18. The Balaban J connectivity index is 2.05. The van der Waals surface area contributed by atoms with E-state index in [9.17, 15) is 4.79 Å². The molecule has 2 N–H and O–H groups in total. The third-order valence-corrected chi connectivity index (χ3v) is 3.22. The van der Waals surface area contributed by atoms with Crippen molar-refractivity contribution in [3.8, 4) is 11.8 Å². The van der Waals surface area contributed by atoms with Gasteiger partial charge in [0.1, 0.15) is 6.61 Å². The predicted molar refractivity (Wildman–Crippen MR) is 74.8 cm³/mol. The van der Waals surface area contributed by atoms with Crippen molar-refractivity contribution in [3.05, 3.63) is 58.0 Å². The number of hydrogen-bond donors (Lipinski definition) is 2. The number of H-pyrrole nitrogens is 1. The summed E-state index contributed by atoms with van der Waals surface area (Å²) in [5, 5.41) is 9.25. The lowest BCUT2D eigenvalue weighted by Crippen LogP contribution is -2.05. The van der Waals surface area contributed by atoms with Crippen LogP contribution in [0.4, 0.5) is 0 Å². The number of hydrogen-bond acceptors (Lipinski definition) is 4. The summed E-state index contributed by atoms with van der Waals surface area (Å²) in [5.41, 5.74) is 1.79. The van der Waals surface area contributed by atoms with E-state index in [1.165, 1.54) is 24.0 Å². The van der Waals surface area contributed by atoms with Gasteiger partial charge in [0.05, 0.1) is 0 Å². The molecule has 0 aliphatic carbocycles. The summed E-state index contributed by atoms with van der Waals surface area (Å²) in [6.45, 7) is -0.145. The normalized spacial score (nSPS) is 9.74. The molecular weight excluding hydrogens is 260 g/mol. The van der Waals surface area contributed by atoms with Crippen molar-refractivity contribution in [1.29, 1.82) is 0 Å². The van der Waals surface area contributed by atoms with Gasteiger partial charge in [0.2, 0.25) is 0 Å². The van der Waals surface area contributed by atoms with Crippen LogP contribution in [-0.2, 0) is 5.75 Å². The lowest BCUT2D eigenvalue weighted by molar-refractivity contribution is 0.350. The molecule has 0 amide bonds. The first-order chi connectivity index (χ1) is 9.28. The van der Waals surface area contributed by atoms with E-state index in [4.69, 9.17) is 5.11 Å². The molecule has 0 saturated heterocycles. The van der Waals surface area contributed by atoms with Crippen molar-refractivity contribution in [2.75, 3.05) is 6.61 Å². The molecule has 0 saturated carbocycles. The van der Waals surface area contributed by atoms with Crippen molar-refractivity contribution in [3.63, 3.8) is 0 Å². The molecule has 0 radical (unpaired) electrons. The minimum Gasteiger partial charge on any atom is -0.384 e. The zero-order chi connectivity index (χ0) is 13.5. The predicted octanol–water partition coefficient (Wildman–Crippen LogP) is 1.41. The molecule has 0 aliphatic rings. The largest absolute Gasteiger partial charge is 0.384 e. The average molecular weight is 272 g/mol. The quantitative estimate of drug-likeness (QED) is 0.503. The maximum Gasteiger partial charge on any atom is 0.251 e. The van der Waals surface area contributed by atoms with Crippen LogP contribution in [0, 0.1) is 11.8 Å². The Kier molecular flexibility index (Phi) is 4.78. The highest BCUT2D eigenvalue weighted by molar-refractivity contribution is 7.98. The van der Waals surface area contributed by atoms with Crippen LogP contribution >= 0.6 is 11.8 Å². The van der Waals surface area contributed by atoms with Crippen molar-refractivity contribution >= 4 is 11.8 Å². The molecule has 1 heterocycles. The molecule has 1 aromatic heterocycles. The van der Waals surface area contributed by atoms with Gasteiger partial charge in [-0.15, -0.1) is 0 Å². The second kappa shape index (κ2) is 6.78. The Morgan fingerprint density at radius 3 is 3.05 bits per heavy atom. The summed E-state index contributed by atoms with van der Waals surface area (Å²) in [6, 6.07) is 9.13. The molecule has 0 spiro atoms. The van der Waals surface area contributed by atoms with Crippen LogP contribution < -0.4 is 5.56 Å². The van der Waals surface area contributed by atoms with Crippen LogP contribution in [0.5, 0.6) is 0 Å². The summed E-state index contributed by atoms with van der Waals surface area (Å²) < 4.78 is 0. The Morgan fingerprint density at radius 2 is 2.26 bits per heavy atom. The number of aliphatic hydroxyl groups excluding tert-OH is 1. The number of nitrogens with zero attached hydrogens (tertiary/aromatic N) is 1. The first kappa shape index (κ1) is 13.4. The van der Waals surface area contributed by atoms with Gasteiger partial charge in [-0.3, -0.25) is 4.79 Å². The molecule has 0 aliphatic heterocycles. The Bertz CT molecular complexity index is 671. The minimum atomic E-state index is -0.153. The highest BCUT2D eigenvalue weighted by Gasteiger charge is 1.99. The number of aliphatic hydroxyl groups is 1. The van der Waals surface area contributed by atoms with Crippen LogP contribution in [0.1, 0.15) is 11.1 Å². The standard InChI is InChI=1S/C14H12N2O2S/c17-8-2-5-11-3-1-4-12(9-11)10-19-14-15-7-6-13(18)16-14/h1,3-4,6-7,9,17H,8,10H2,(H,15,16,18). The molecule has 96 valence electrons. The van der Waals surface area contributed by atoms with Gasteiger partial charge in [0.15, 0.2) is 5.16 Å². The topological polar surface area (TPSA) is 66.0 Å². The molecule has 5 heteroatoms. The van der Waals surface area contributed by atoms with Crippen LogP contribution in [0.3, 0.4) is 0 Å². The monoisotopic (exact) mass is 272 g/mol. The molecule has 0 fully saturated rings. The van der Waals surface area contributed by atoms with Crippen LogP contribution in [0.25, 0.3) is 0 Å². The molecule has 0 unspecified atom stereocenters. The molecular formula is C14H12N2O2S. The SMILES string of the molecule is O=c1ccnc(SCc2cccc(C#CCO)c2)[nH]1. The van der Waals surface area contributed by atoms with E-state index < -0.39 is 0 Å². The molecule has 19 heavy (non-hydrogen) atoms. The maximum absolute atomic E-state index is 11.1. The number of thioether (sulfide) groups is 1. The summed E-state index contributed by atoms with van der Waals surface area (Å²) >= 11 is 1.46. The average Bonchev–Trinajstić information content (AvgIpc) is 2.43. The smallest absolute Gasteiger partial charge is 0.251 e. The first-order valence-electron chi connectivity index (χ1n) is 5.65. The van der Waals surface area contributed by atoms with Crippen LogP contribution in [0.2, 0.25) is 0 Å². The number of aromatic nitrogens is 2. The van der Waals surface area contributed by atoms with E-state index in [0.29, 0.717) is 10.9 Å².